The number of rotatable bonds is 4. The minimum absolute atomic E-state index is 0.0373. The average molecular weight is 323 g/mol. The van der Waals surface area contributed by atoms with Crippen LogP contribution >= 0.6 is 0 Å². The largest absolute Gasteiger partial charge is 0.396 e. The lowest BCUT2D eigenvalue weighted by Crippen LogP contribution is -2.43. The number of benzene rings is 2. The summed E-state index contributed by atoms with van der Waals surface area (Å²) in [6.45, 7) is 3.45. The Morgan fingerprint density at radius 2 is 1.83 bits per heavy atom. The molecule has 4 nitrogen and oxygen atoms in total. The van der Waals surface area contributed by atoms with E-state index in [9.17, 15) is 14.7 Å². The number of aliphatic hydroxyl groups excluding tert-OH is 1. The van der Waals surface area contributed by atoms with Crippen LogP contribution in [0.2, 0.25) is 0 Å². The molecule has 24 heavy (non-hydrogen) atoms. The van der Waals surface area contributed by atoms with Crippen molar-refractivity contribution in [1.29, 1.82) is 0 Å². The molecule has 0 radical (unpaired) electrons. The maximum atomic E-state index is 13.0. The lowest BCUT2D eigenvalue weighted by molar-refractivity contribution is -0.116. The van der Waals surface area contributed by atoms with Gasteiger partial charge in [0.1, 0.15) is 6.04 Å². The maximum Gasteiger partial charge on any atom is 0.224 e. The molecule has 124 valence electrons. The van der Waals surface area contributed by atoms with Crippen LogP contribution in [0.4, 0.5) is 5.69 Å². The molecule has 1 amide bonds. The fourth-order valence-corrected chi connectivity index (χ4v) is 3.51. The highest BCUT2D eigenvalue weighted by atomic mass is 16.3. The number of Topliss-reactive ketones (excluding diaryl/α,β-unsaturated/α-hetero) is 1. The van der Waals surface area contributed by atoms with E-state index < -0.39 is 6.04 Å². The zero-order chi connectivity index (χ0) is 17.3. The van der Waals surface area contributed by atoms with Crippen LogP contribution in [-0.2, 0) is 4.79 Å². The van der Waals surface area contributed by atoms with Gasteiger partial charge in [-0.3, -0.25) is 9.59 Å². The molecule has 2 aromatic carbocycles. The van der Waals surface area contributed by atoms with Gasteiger partial charge in [-0.25, -0.2) is 0 Å². The predicted octanol–water partition coefficient (Wildman–Crippen LogP) is 3.08. The van der Waals surface area contributed by atoms with Gasteiger partial charge >= 0.3 is 0 Å². The van der Waals surface area contributed by atoms with Crippen LogP contribution in [0.5, 0.6) is 0 Å². The number of nitrogens with zero attached hydrogens (tertiary/aromatic N) is 1. The average Bonchev–Trinajstić information content (AvgIpc) is 2.87. The molecule has 0 bridgehead atoms. The minimum Gasteiger partial charge on any atom is -0.396 e. The third-order valence-corrected chi connectivity index (χ3v) is 4.64. The summed E-state index contributed by atoms with van der Waals surface area (Å²) in [6.07, 6.45) is 0.428. The number of carbonyl (C=O) groups is 2. The molecule has 1 heterocycles. The number of hydrogen-bond acceptors (Lipinski definition) is 3. The highest BCUT2D eigenvalue weighted by Crippen LogP contribution is 2.39. The summed E-state index contributed by atoms with van der Waals surface area (Å²) in [5.41, 5.74) is 3.33. The van der Waals surface area contributed by atoms with Gasteiger partial charge in [-0.1, -0.05) is 42.0 Å². The smallest absolute Gasteiger partial charge is 0.224 e. The van der Waals surface area contributed by atoms with Crippen molar-refractivity contribution in [2.24, 2.45) is 0 Å². The van der Waals surface area contributed by atoms with E-state index in [1.165, 1.54) is 6.92 Å². The predicted molar refractivity (Wildman–Crippen MR) is 93.3 cm³/mol. The Morgan fingerprint density at radius 3 is 2.46 bits per heavy atom. The van der Waals surface area contributed by atoms with Crippen molar-refractivity contribution in [3.63, 3.8) is 0 Å². The summed E-state index contributed by atoms with van der Waals surface area (Å²) in [7, 11) is 0. The zero-order valence-corrected chi connectivity index (χ0v) is 13.9. The SMILES string of the molecule is CC(=O)N1c2ccccc2C(=O)[C@H]1[C@@H](CCO)c1ccc(C)cc1. The maximum absolute atomic E-state index is 13.0. The molecular weight excluding hydrogens is 302 g/mol. The summed E-state index contributed by atoms with van der Waals surface area (Å²) in [5, 5.41) is 9.53. The molecule has 1 aliphatic heterocycles. The molecule has 0 saturated carbocycles. The Bertz CT molecular complexity index is 767. The number of anilines is 1. The Hall–Kier alpha value is -2.46. The topological polar surface area (TPSA) is 57.6 Å². The number of amides is 1. The molecular formula is C20H21NO3. The molecule has 1 N–H and O–H groups in total. The van der Waals surface area contributed by atoms with E-state index in [1.54, 1.807) is 17.0 Å². The lowest BCUT2D eigenvalue weighted by Gasteiger charge is -2.30. The van der Waals surface area contributed by atoms with Crippen molar-refractivity contribution in [3.8, 4) is 0 Å². The summed E-state index contributed by atoms with van der Waals surface area (Å²) >= 11 is 0. The van der Waals surface area contributed by atoms with E-state index in [4.69, 9.17) is 0 Å². The molecule has 2 atom stereocenters. The van der Waals surface area contributed by atoms with E-state index >= 15 is 0 Å². The fourth-order valence-electron chi connectivity index (χ4n) is 3.51. The quantitative estimate of drug-likeness (QED) is 0.941. The first-order valence-corrected chi connectivity index (χ1v) is 8.15. The fraction of sp³-hybridized carbons (Fsp3) is 0.300. The van der Waals surface area contributed by atoms with Crippen LogP contribution in [0.1, 0.15) is 40.7 Å². The van der Waals surface area contributed by atoms with E-state index in [2.05, 4.69) is 0 Å². The van der Waals surface area contributed by atoms with Gasteiger partial charge in [0.05, 0.1) is 5.69 Å². The standard InChI is InChI=1S/C20H21NO3/c1-13-7-9-15(10-8-13)16(11-12-22)19-20(24)17-5-3-4-6-18(17)21(19)14(2)23/h3-10,16,19,22H,11-12H2,1-2H3/t16-,19+/m0/s1. The van der Waals surface area contributed by atoms with Crippen LogP contribution in [-0.4, -0.2) is 29.4 Å². The highest BCUT2D eigenvalue weighted by Gasteiger charge is 2.44. The number of hydrogen-bond donors (Lipinski definition) is 1. The number of ketones is 1. The van der Waals surface area contributed by atoms with Crippen LogP contribution in [0.15, 0.2) is 48.5 Å². The van der Waals surface area contributed by atoms with Gasteiger partial charge < -0.3 is 10.0 Å². The van der Waals surface area contributed by atoms with Gasteiger partial charge in [0, 0.05) is 25.0 Å². The van der Waals surface area contributed by atoms with E-state index in [0.717, 1.165) is 11.1 Å². The Balaban J connectivity index is 2.08. The normalized spacial score (nSPS) is 17.7. The van der Waals surface area contributed by atoms with Gasteiger partial charge in [-0.2, -0.15) is 0 Å². The van der Waals surface area contributed by atoms with Gasteiger partial charge in [0.2, 0.25) is 5.91 Å². The Labute approximate surface area is 141 Å². The van der Waals surface area contributed by atoms with Crippen LogP contribution < -0.4 is 4.90 Å². The molecule has 1 aliphatic rings. The summed E-state index contributed by atoms with van der Waals surface area (Å²) in [5.74, 6) is -0.451. The van der Waals surface area contributed by atoms with E-state index in [-0.39, 0.29) is 24.2 Å². The molecule has 0 fully saturated rings. The molecule has 2 aromatic rings. The van der Waals surface area contributed by atoms with Crippen LogP contribution in [0.25, 0.3) is 0 Å². The highest BCUT2D eigenvalue weighted by molar-refractivity contribution is 6.17. The number of aliphatic hydroxyl groups is 1. The molecule has 4 heteroatoms. The summed E-state index contributed by atoms with van der Waals surface area (Å²) < 4.78 is 0. The van der Waals surface area contributed by atoms with Crippen molar-refractivity contribution < 1.29 is 14.7 Å². The van der Waals surface area contributed by atoms with Gasteiger partial charge in [-0.05, 0) is 31.0 Å². The molecule has 0 unspecified atom stereocenters. The monoisotopic (exact) mass is 323 g/mol. The van der Waals surface area contributed by atoms with E-state index in [1.807, 2.05) is 43.3 Å². The molecule has 0 aliphatic carbocycles. The third-order valence-electron chi connectivity index (χ3n) is 4.64. The minimum atomic E-state index is -0.602. The first-order chi connectivity index (χ1) is 11.5. The first kappa shape index (κ1) is 16.4. The number of fused-ring (bicyclic) bond motifs is 1. The summed E-state index contributed by atoms with van der Waals surface area (Å²) in [4.78, 5) is 26.8. The second-order valence-corrected chi connectivity index (χ2v) is 6.24. The second kappa shape index (κ2) is 6.57. The van der Waals surface area contributed by atoms with Gasteiger partial charge in [0.15, 0.2) is 5.78 Å². The van der Waals surface area contributed by atoms with Crippen molar-refractivity contribution >= 4 is 17.4 Å². The van der Waals surface area contributed by atoms with Crippen LogP contribution in [0.3, 0.4) is 0 Å². The van der Waals surface area contributed by atoms with Crippen molar-refractivity contribution in [3.05, 3.63) is 65.2 Å². The second-order valence-electron chi connectivity index (χ2n) is 6.24. The van der Waals surface area contributed by atoms with E-state index in [0.29, 0.717) is 17.7 Å². The number of para-hydroxylation sites is 1. The van der Waals surface area contributed by atoms with Crippen molar-refractivity contribution in [2.75, 3.05) is 11.5 Å². The molecule has 0 spiro atoms. The Kier molecular flexibility index (Phi) is 4.49. The van der Waals surface area contributed by atoms with Gasteiger partial charge in [-0.15, -0.1) is 0 Å². The van der Waals surface area contributed by atoms with Crippen LogP contribution in [0, 0.1) is 6.92 Å². The summed E-state index contributed by atoms with van der Waals surface area (Å²) in [6, 6.07) is 14.5. The Morgan fingerprint density at radius 1 is 1.17 bits per heavy atom. The molecule has 3 rings (SSSR count). The number of carbonyl (C=O) groups excluding carboxylic acids is 2. The first-order valence-electron chi connectivity index (χ1n) is 8.15. The van der Waals surface area contributed by atoms with Crippen molar-refractivity contribution in [1.82, 2.24) is 0 Å². The lowest BCUT2D eigenvalue weighted by atomic mass is 9.85. The number of aryl methyl sites for hydroxylation is 1. The van der Waals surface area contributed by atoms with Crippen molar-refractivity contribution in [2.45, 2.75) is 32.2 Å². The molecule has 0 saturated heterocycles. The molecule has 0 aromatic heterocycles. The zero-order valence-electron chi connectivity index (χ0n) is 13.9. The third kappa shape index (κ3) is 2.74. The van der Waals surface area contributed by atoms with Gasteiger partial charge in [0.25, 0.3) is 0 Å².